The Balaban J connectivity index is 0.000000345. The first-order valence-electron chi connectivity index (χ1n) is 8.33. The third kappa shape index (κ3) is 7.14. The molecule has 28 heavy (non-hydrogen) atoms. The second-order valence-corrected chi connectivity index (χ2v) is 6.99. The van der Waals surface area contributed by atoms with Crippen LogP contribution in [0.5, 0.6) is 11.5 Å². The summed E-state index contributed by atoms with van der Waals surface area (Å²) in [5.41, 5.74) is 6.88. The zero-order valence-electron chi connectivity index (χ0n) is 14.7. The van der Waals surface area contributed by atoms with Gasteiger partial charge in [-0.25, -0.2) is 4.79 Å². The van der Waals surface area contributed by atoms with E-state index in [1.165, 1.54) is 0 Å². The topological polar surface area (TPSA) is 81.8 Å². The molecular formula is C19H19BrF3NO4. The predicted octanol–water partition coefficient (Wildman–Crippen LogP) is 4.88. The van der Waals surface area contributed by atoms with E-state index in [-0.39, 0.29) is 0 Å². The van der Waals surface area contributed by atoms with Crippen LogP contribution >= 0.6 is 15.9 Å². The average Bonchev–Trinajstić information content (AvgIpc) is 2.60. The van der Waals surface area contributed by atoms with Crippen molar-refractivity contribution in [3.63, 3.8) is 0 Å². The fraction of sp³-hybridized carbons (Fsp3) is 0.316. The van der Waals surface area contributed by atoms with Crippen molar-refractivity contribution in [3.8, 4) is 11.5 Å². The third-order valence-corrected chi connectivity index (χ3v) is 4.59. The highest BCUT2D eigenvalue weighted by molar-refractivity contribution is 9.10. The van der Waals surface area contributed by atoms with Crippen molar-refractivity contribution >= 4 is 21.9 Å². The van der Waals surface area contributed by atoms with Crippen LogP contribution in [0.15, 0.2) is 53.0 Å². The summed E-state index contributed by atoms with van der Waals surface area (Å²) < 4.78 is 44.4. The largest absolute Gasteiger partial charge is 0.490 e. The Bertz CT molecular complexity index is 780. The van der Waals surface area contributed by atoms with Crippen molar-refractivity contribution in [2.24, 2.45) is 5.73 Å². The number of halogens is 4. The molecule has 0 amide bonds. The van der Waals surface area contributed by atoms with Gasteiger partial charge < -0.3 is 20.3 Å². The first-order valence-corrected chi connectivity index (χ1v) is 9.13. The number of ether oxygens (including phenoxy) is 2. The number of hydrogen-bond acceptors (Lipinski definition) is 4. The van der Waals surface area contributed by atoms with Gasteiger partial charge in [-0.3, -0.25) is 0 Å². The Kier molecular flexibility index (Phi) is 7.85. The highest BCUT2D eigenvalue weighted by Gasteiger charge is 2.38. The molecule has 0 saturated heterocycles. The molecule has 0 unspecified atom stereocenters. The molecule has 2 aromatic rings. The van der Waals surface area contributed by atoms with E-state index in [1.807, 2.05) is 48.5 Å². The van der Waals surface area contributed by atoms with Gasteiger partial charge in [-0.05, 0) is 42.7 Å². The highest BCUT2D eigenvalue weighted by Crippen LogP contribution is 2.29. The van der Waals surface area contributed by atoms with E-state index < -0.39 is 12.1 Å². The van der Waals surface area contributed by atoms with Gasteiger partial charge in [0.05, 0.1) is 12.7 Å². The van der Waals surface area contributed by atoms with Gasteiger partial charge in [0.2, 0.25) is 0 Å². The first kappa shape index (κ1) is 22.2. The summed E-state index contributed by atoms with van der Waals surface area (Å²) in [5, 5.41) is 7.12. The molecule has 0 aliphatic heterocycles. The number of carboxylic acids is 1. The molecule has 0 heterocycles. The first-order chi connectivity index (χ1) is 13.1. The molecule has 3 N–H and O–H groups in total. The molecule has 2 aromatic carbocycles. The smallest absolute Gasteiger partial charge is 0.475 e. The van der Waals surface area contributed by atoms with Crippen LogP contribution in [0.25, 0.3) is 0 Å². The summed E-state index contributed by atoms with van der Waals surface area (Å²) in [5.74, 6) is -1.12. The van der Waals surface area contributed by atoms with Crippen molar-refractivity contribution in [1.82, 2.24) is 0 Å². The normalized spacial score (nSPS) is 18.5. The number of para-hydroxylation sites is 1. The number of alkyl halides is 3. The number of nitrogens with two attached hydrogens (primary N) is 1. The molecule has 9 heteroatoms. The summed E-state index contributed by atoms with van der Waals surface area (Å²) in [6, 6.07) is 16.0. The van der Waals surface area contributed by atoms with E-state index in [1.54, 1.807) is 0 Å². The Hall–Kier alpha value is -2.10. The second kappa shape index (κ2) is 9.90. The van der Waals surface area contributed by atoms with Gasteiger partial charge >= 0.3 is 12.1 Å². The molecule has 3 rings (SSSR count). The molecule has 1 aliphatic rings. The molecule has 5 nitrogen and oxygen atoms in total. The number of aliphatic carboxylic acids is 1. The molecule has 1 fully saturated rings. The average molecular weight is 462 g/mol. The van der Waals surface area contributed by atoms with Gasteiger partial charge in [-0.2, -0.15) is 13.2 Å². The minimum atomic E-state index is -5.08. The van der Waals surface area contributed by atoms with Crippen LogP contribution in [0, 0.1) is 0 Å². The lowest BCUT2D eigenvalue weighted by atomic mass is 9.90. The number of carbonyl (C=O) groups is 1. The lowest BCUT2D eigenvalue weighted by molar-refractivity contribution is -0.192. The number of carboxylic acid groups (broad SMARTS) is 1. The van der Waals surface area contributed by atoms with Crippen LogP contribution in [0.2, 0.25) is 0 Å². The Morgan fingerprint density at radius 1 is 1.14 bits per heavy atom. The fourth-order valence-electron chi connectivity index (χ4n) is 2.28. The third-order valence-electron chi connectivity index (χ3n) is 3.85. The number of rotatable bonds is 5. The van der Waals surface area contributed by atoms with E-state index in [2.05, 4.69) is 15.9 Å². The summed E-state index contributed by atoms with van der Waals surface area (Å²) in [7, 11) is 0. The Morgan fingerprint density at radius 3 is 2.25 bits per heavy atom. The quantitative estimate of drug-likeness (QED) is 0.662. The molecule has 0 bridgehead atoms. The van der Waals surface area contributed by atoms with Crippen LogP contribution < -0.4 is 10.5 Å². The zero-order valence-corrected chi connectivity index (χ0v) is 16.2. The molecule has 0 aromatic heterocycles. The maximum Gasteiger partial charge on any atom is 0.490 e. The second-order valence-electron chi connectivity index (χ2n) is 6.14. The van der Waals surface area contributed by atoms with E-state index in [4.69, 9.17) is 25.1 Å². The summed E-state index contributed by atoms with van der Waals surface area (Å²) in [6.45, 7) is 0.601. The van der Waals surface area contributed by atoms with Crippen molar-refractivity contribution in [3.05, 3.63) is 58.6 Å². The zero-order chi connectivity index (χ0) is 20.7. The van der Waals surface area contributed by atoms with Crippen molar-refractivity contribution in [1.29, 1.82) is 0 Å². The van der Waals surface area contributed by atoms with Crippen molar-refractivity contribution in [2.75, 3.05) is 0 Å². The van der Waals surface area contributed by atoms with Gasteiger partial charge in [-0.15, -0.1) is 0 Å². The number of benzene rings is 2. The van der Waals surface area contributed by atoms with Crippen LogP contribution in [-0.2, 0) is 16.1 Å². The molecule has 1 saturated carbocycles. The Labute approximate surface area is 168 Å². The SMILES string of the molecule is NC1CC(OCc2ccc(Oc3ccccc3)cc2Br)C1.O=C(O)C(F)(F)F. The predicted molar refractivity (Wildman–Crippen MR) is 100 cm³/mol. The summed E-state index contributed by atoms with van der Waals surface area (Å²) in [4.78, 5) is 8.90. The molecular weight excluding hydrogens is 443 g/mol. The minimum Gasteiger partial charge on any atom is -0.475 e. The van der Waals surface area contributed by atoms with Crippen molar-refractivity contribution in [2.45, 2.75) is 37.8 Å². The summed E-state index contributed by atoms with van der Waals surface area (Å²) in [6.07, 6.45) is -2.84. The maximum atomic E-state index is 10.6. The van der Waals surface area contributed by atoms with Gasteiger partial charge in [0.15, 0.2) is 0 Å². The van der Waals surface area contributed by atoms with Gasteiger partial charge in [0, 0.05) is 10.5 Å². The Morgan fingerprint density at radius 2 is 1.75 bits per heavy atom. The highest BCUT2D eigenvalue weighted by atomic mass is 79.9. The van der Waals surface area contributed by atoms with E-state index in [0.29, 0.717) is 18.8 Å². The van der Waals surface area contributed by atoms with Crippen LogP contribution in [0.4, 0.5) is 13.2 Å². The molecule has 1 aliphatic carbocycles. The molecule has 0 spiro atoms. The van der Waals surface area contributed by atoms with Gasteiger partial charge in [-0.1, -0.05) is 40.2 Å². The van der Waals surface area contributed by atoms with Crippen LogP contribution in [0.3, 0.4) is 0 Å². The minimum absolute atomic E-state index is 0.312. The van der Waals surface area contributed by atoms with E-state index in [0.717, 1.165) is 34.4 Å². The lowest BCUT2D eigenvalue weighted by Gasteiger charge is -2.32. The van der Waals surface area contributed by atoms with E-state index >= 15 is 0 Å². The monoisotopic (exact) mass is 461 g/mol. The van der Waals surface area contributed by atoms with Gasteiger partial charge in [0.1, 0.15) is 11.5 Å². The molecule has 0 atom stereocenters. The summed E-state index contributed by atoms with van der Waals surface area (Å²) >= 11 is 3.58. The number of hydrogen-bond donors (Lipinski definition) is 2. The lowest BCUT2D eigenvalue weighted by Crippen LogP contribution is -2.41. The fourth-order valence-corrected chi connectivity index (χ4v) is 2.76. The molecule has 152 valence electrons. The molecule has 0 radical (unpaired) electrons. The van der Waals surface area contributed by atoms with Crippen molar-refractivity contribution < 1.29 is 32.5 Å². The van der Waals surface area contributed by atoms with Gasteiger partial charge in [0.25, 0.3) is 0 Å². The van der Waals surface area contributed by atoms with Crippen LogP contribution in [0.1, 0.15) is 18.4 Å². The van der Waals surface area contributed by atoms with Crippen LogP contribution in [-0.4, -0.2) is 29.4 Å². The van der Waals surface area contributed by atoms with E-state index in [9.17, 15) is 13.2 Å². The standard InChI is InChI=1S/C17H18BrNO2.C2HF3O2/c18-17-10-15(21-14-4-2-1-3-5-14)7-6-12(17)11-20-16-8-13(19)9-16;3-2(4,5)1(6)7/h1-7,10,13,16H,8-9,11,19H2;(H,6,7). The maximum absolute atomic E-state index is 10.6.